The first-order valence-corrected chi connectivity index (χ1v) is 4.48. The van der Waals surface area contributed by atoms with E-state index in [9.17, 15) is 4.79 Å². The molecule has 0 bridgehead atoms. The summed E-state index contributed by atoms with van der Waals surface area (Å²) in [5.41, 5.74) is 0. The molecule has 13 heavy (non-hydrogen) atoms. The highest BCUT2D eigenvalue weighted by molar-refractivity contribution is 5.65. The van der Waals surface area contributed by atoms with Crippen LogP contribution in [0.2, 0.25) is 0 Å². The van der Waals surface area contributed by atoms with Crippen molar-refractivity contribution in [3.8, 4) is 0 Å². The Balaban J connectivity index is 2.09. The average molecular weight is 186 g/mol. The lowest BCUT2D eigenvalue weighted by Crippen LogP contribution is -2.52. The zero-order valence-corrected chi connectivity index (χ0v) is 7.64. The van der Waals surface area contributed by atoms with Gasteiger partial charge in [0.25, 0.3) is 0 Å². The van der Waals surface area contributed by atoms with Crippen LogP contribution in [0, 0.1) is 0 Å². The topological polar surface area (TPSA) is 53.0 Å². The van der Waals surface area contributed by atoms with Crippen molar-refractivity contribution in [1.82, 2.24) is 9.80 Å². The van der Waals surface area contributed by atoms with Crippen molar-refractivity contribution in [3.05, 3.63) is 0 Å². The smallest absolute Gasteiger partial charge is 0.407 e. The number of rotatable bonds is 0. The van der Waals surface area contributed by atoms with Gasteiger partial charge in [-0.15, -0.1) is 0 Å². The number of nitrogens with zero attached hydrogens (tertiary/aromatic N) is 2. The Bertz CT molecular complexity index is 221. The van der Waals surface area contributed by atoms with E-state index in [-0.39, 0.29) is 12.1 Å². The Kier molecular flexibility index (Phi) is 2.13. The zero-order chi connectivity index (χ0) is 9.42. The maximum atomic E-state index is 10.9. The number of morpholine rings is 1. The second kappa shape index (κ2) is 3.16. The number of carboxylic acid groups (broad SMARTS) is 1. The number of hydrogen-bond donors (Lipinski definition) is 1. The molecule has 0 aromatic heterocycles. The fourth-order valence-corrected chi connectivity index (χ4v) is 2.11. The van der Waals surface area contributed by atoms with Crippen LogP contribution in [-0.2, 0) is 4.74 Å². The zero-order valence-electron chi connectivity index (χ0n) is 7.64. The van der Waals surface area contributed by atoms with Gasteiger partial charge in [0, 0.05) is 19.6 Å². The van der Waals surface area contributed by atoms with Crippen LogP contribution in [0.4, 0.5) is 4.79 Å². The van der Waals surface area contributed by atoms with E-state index in [1.54, 1.807) is 0 Å². The third-order valence-corrected chi connectivity index (χ3v) is 2.73. The summed E-state index contributed by atoms with van der Waals surface area (Å²) in [6.45, 7) is 2.66. The summed E-state index contributed by atoms with van der Waals surface area (Å²) in [5, 5.41) is 8.92. The lowest BCUT2D eigenvalue weighted by molar-refractivity contribution is -0.0382. The molecule has 2 aliphatic rings. The fraction of sp³-hybridized carbons (Fsp3) is 0.875. The van der Waals surface area contributed by atoms with Crippen molar-refractivity contribution >= 4 is 6.09 Å². The maximum Gasteiger partial charge on any atom is 0.407 e. The number of likely N-dealkylation sites (tertiary alicyclic amines) is 1. The largest absolute Gasteiger partial charge is 0.465 e. The quantitative estimate of drug-likeness (QED) is 0.563. The number of hydrogen-bond acceptors (Lipinski definition) is 3. The molecule has 2 saturated heterocycles. The van der Waals surface area contributed by atoms with Gasteiger partial charge < -0.3 is 14.7 Å². The number of fused-ring (bicyclic) bond motifs is 1. The molecular formula is C8H14N2O3. The molecule has 0 saturated carbocycles. The van der Waals surface area contributed by atoms with Crippen LogP contribution in [0.1, 0.15) is 0 Å². The van der Waals surface area contributed by atoms with Crippen molar-refractivity contribution in [1.29, 1.82) is 0 Å². The van der Waals surface area contributed by atoms with Gasteiger partial charge in [-0.25, -0.2) is 4.79 Å². The Hall–Kier alpha value is -0.810. The van der Waals surface area contributed by atoms with Gasteiger partial charge in [0.15, 0.2) is 0 Å². The third kappa shape index (κ3) is 1.49. The minimum atomic E-state index is -0.825. The molecule has 1 amide bonds. The third-order valence-electron chi connectivity index (χ3n) is 2.73. The van der Waals surface area contributed by atoms with Gasteiger partial charge in [0.2, 0.25) is 0 Å². The van der Waals surface area contributed by atoms with Crippen LogP contribution in [0.15, 0.2) is 0 Å². The standard InChI is InChI=1S/C8H14N2O3/c1-9-4-6-7(5-9)13-3-2-10(6)8(11)12/h6-7H,2-5H2,1H3,(H,11,12). The van der Waals surface area contributed by atoms with E-state index in [0.29, 0.717) is 13.2 Å². The highest BCUT2D eigenvalue weighted by Crippen LogP contribution is 2.21. The molecule has 2 aliphatic heterocycles. The van der Waals surface area contributed by atoms with Crippen molar-refractivity contribution < 1.29 is 14.6 Å². The normalized spacial score (nSPS) is 34.7. The lowest BCUT2D eigenvalue weighted by atomic mass is 10.1. The molecule has 0 aromatic carbocycles. The van der Waals surface area contributed by atoms with Crippen LogP contribution in [-0.4, -0.2) is 66.4 Å². The SMILES string of the molecule is CN1CC2OCCN(C(=O)O)C2C1. The first-order valence-electron chi connectivity index (χ1n) is 4.48. The summed E-state index contributed by atoms with van der Waals surface area (Å²) in [6.07, 6.45) is -0.747. The predicted molar refractivity (Wildman–Crippen MR) is 45.8 cm³/mol. The van der Waals surface area contributed by atoms with E-state index < -0.39 is 6.09 Å². The predicted octanol–water partition coefficient (Wildman–Crippen LogP) is -0.321. The van der Waals surface area contributed by atoms with Gasteiger partial charge in [0.1, 0.15) is 0 Å². The molecule has 1 N–H and O–H groups in total. The van der Waals surface area contributed by atoms with E-state index in [4.69, 9.17) is 9.84 Å². The summed E-state index contributed by atoms with van der Waals surface area (Å²) < 4.78 is 5.51. The highest BCUT2D eigenvalue weighted by atomic mass is 16.5. The molecule has 0 aromatic rings. The molecule has 0 spiro atoms. The number of ether oxygens (including phenoxy) is 1. The maximum absolute atomic E-state index is 10.9. The van der Waals surface area contributed by atoms with Gasteiger partial charge >= 0.3 is 6.09 Å². The molecular weight excluding hydrogens is 172 g/mol. The van der Waals surface area contributed by atoms with Gasteiger partial charge in [-0.2, -0.15) is 0 Å². The second-order valence-corrected chi connectivity index (χ2v) is 3.67. The van der Waals surface area contributed by atoms with E-state index in [1.165, 1.54) is 4.90 Å². The summed E-state index contributed by atoms with van der Waals surface area (Å²) in [7, 11) is 1.99. The number of carbonyl (C=O) groups is 1. The van der Waals surface area contributed by atoms with E-state index >= 15 is 0 Å². The monoisotopic (exact) mass is 186 g/mol. The summed E-state index contributed by atoms with van der Waals surface area (Å²) in [4.78, 5) is 14.5. The molecule has 2 heterocycles. The fourth-order valence-electron chi connectivity index (χ4n) is 2.11. The highest BCUT2D eigenvalue weighted by Gasteiger charge is 2.40. The van der Waals surface area contributed by atoms with E-state index in [0.717, 1.165) is 13.1 Å². The Labute approximate surface area is 76.9 Å². The van der Waals surface area contributed by atoms with Crippen molar-refractivity contribution in [3.63, 3.8) is 0 Å². The molecule has 74 valence electrons. The average Bonchev–Trinajstić information content (AvgIpc) is 2.43. The van der Waals surface area contributed by atoms with Crippen LogP contribution >= 0.6 is 0 Å². The molecule has 2 rings (SSSR count). The molecule has 5 nitrogen and oxygen atoms in total. The first-order chi connectivity index (χ1) is 6.18. The van der Waals surface area contributed by atoms with Gasteiger partial charge in [-0.1, -0.05) is 0 Å². The van der Waals surface area contributed by atoms with Crippen LogP contribution in [0.5, 0.6) is 0 Å². The molecule has 2 atom stereocenters. The summed E-state index contributed by atoms with van der Waals surface area (Å²) in [5.74, 6) is 0. The molecule has 0 aliphatic carbocycles. The van der Waals surface area contributed by atoms with Crippen molar-refractivity contribution in [2.45, 2.75) is 12.1 Å². The minimum Gasteiger partial charge on any atom is -0.465 e. The van der Waals surface area contributed by atoms with Crippen molar-refractivity contribution in [2.75, 3.05) is 33.3 Å². The Morgan fingerprint density at radius 3 is 3.00 bits per heavy atom. The molecule has 5 heteroatoms. The molecule has 2 unspecified atom stereocenters. The first kappa shape index (κ1) is 8.77. The minimum absolute atomic E-state index is 0.0382. The Morgan fingerprint density at radius 2 is 2.31 bits per heavy atom. The van der Waals surface area contributed by atoms with Crippen LogP contribution in [0.3, 0.4) is 0 Å². The second-order valence-electron chi connectivity index (χ2n) is 3.67. The van der Waals surface area contributed by atoms with E-state index in [2.05, 4.69) is 4.90 Å². The molecule has 2 fully saturated rings. The summed E-state index contributed by atoms with van der Waals surface area (Å²) in [6, 6.07) is 0.0382. The lowest BCUT2D eigenvalue weighted by Gasteiger charge is -2.34. The Morgan fingerprint density at radius 1 is 1.54 bits per heavy atom. The van der Waals surface area contributed by atoms with Crippen LogP contribution < -0.4 is 0 Å². The van der Waals surface area contributed by atoms with Crippen molar-refractivity contribution in [2.24, 2.45) is 0 Å². The van der Waals surface area contributed by atoms with Crippen LogP contribution in [0.25, 0.3) is 0 Å². The van der Waals surface area contributed by atoms with Gasteiger partial charge in [0.05, 0.1) is 18.8 Å². The number of amides is 1. The molecule has 0 radical (unpaired) electrons. The number of likely N-dealkylation sites (N-methyl/N-ethyl adjacent to an activating group) is 1. The summed E-state index contributed by atoms with van der Waals surface area (Å²) >= 11 is 0. The van der Waals surface area contributed by atoms with E-state index in [1.807, 2.05) is 7.05 Å². The van der Waals surface area contributed by atoms with Gasteiger partial charge in [-0.3, -0.25) is 4.90 Å². The van der Waals surface area contributed by atoms with Gasteiger partial charge in [-0.05, 0) is 7.05 Å².